The van der Waals surface area contributed by atoms with Crippen molar-refractivity contribution in [3.8, 4) is 0 Å². The molecule has 1 atom stereocenters. The number of benzene rings is 1. The molecule has 1 saturated carbocycles. The van der Waals surface area contributed by atoms with E-state index in [0.29, 0.717) is 12.8 Å². The Hall–Kier alpha value is -0.910. The lowest BCUT2D eigenvalue weighted by Crippen LogP contribution is -2.33. The molecule has 0 bridgehead atoms. The predicted molar refractivity (Wildman–Crippen MR) is 83.7 cm³/mol. The van der Waals surface area contributed by atoms with Gasteiger partial charge in [-0.25, -0.2) is 0 Å². The molecule has 1 saturated heterocycles. The summed E-state index contributed by atoms with van der Waals surface area (Å²) in [7, 11) is 0. The number of ether oxygens (including phenoxy) is 1. The van der Waals surface area contributed by atoms with Crippen LogP contribution in [0.15, 0.2) is 12.1 Å². The van der Waals surface area contributed by atoms with E-state index < -0.39 is 11.5 Å². The molecule has 0 radical (unpaired) electrons. The largest absolute Gasteiger partial charge is 0.450 e. The van der Waals surface area contributed by atoms with Crippen molar-refractivity contribution in [1.29, 1.82) is 0 Å². The fraction of sp³-hybridized carbons (Fsp3) is 0.500. The Labute approximate surface area is 132 Å². The van der Waals surface area contributed by atoms with Crippen molar-refractivity contribution < 1.29 is 14.3 Å². The molecule has 1 aromatic carbocycles. The number of carbonyl (C=O) groups excluding carboxylic acids is 2. The summed E-state index contributed by atoms with van der Waals surface area (Å²) in [5, 5.41) is 0. The third-order valence-electron chi connectivity index (χ3n) is 4.50. The zero-order valence-electron chi connectivity index (χ0n) is 11.7. The zero-order valence-corrected chi connectivity index (χ0v) is 13.8. The average Bonchev–Trinajstić information content (AvgIpc) is 2.89. The van der Waals surface area contributed by atoms with Crippen LogP contribution in [0.25, 0.3) is 0 Å². The van der Waals surface area contributed by atoms with E-state index in [1.165, 1.54) is 0 Å². The molecule has 1 aliphatic heterocycles. The molecular formula is C16H17IO3. The van der Waals surface area contributed by atoms with Crippen LogP contribution in [0.4, 0.5) is 0 Å². The molecule has 0 amide bonds. The summed E-state index contributed by atoms with van der Waals surface area (Å²) in [6.45, 7) is 3.93. The third kappa shape index (κ3) is 2.00. The van der Waals surface area contributed by atoms with Gasteiger partial charge in [0.2, 0.25) is 0 Å². The number of hydrogen-bond donors (Lipinski definition) is 0. The maximum absolute atomic E-state index is 12.8. The van der Waals surface area contributed by atoms with Crippen LogP contribution in [0, 0.1) is 17.4 Å². The molecule has 2 aliphatic rings. The van der Waals surface area contributed by atoms with Gasteiger partial charge in [-0.3, -0.25) is 9.59 Å². The summed E-state index contributed by atoms with van der Waals surface area (Å²) < 4.78 is 6.66. The average molecular weight is 384 g/mol. The Morgan fingerprint density at radius 1 is 1.15 bits per heavy atom. The van der Waals surface area contributed by atoms with E-state index in [-0.39, 0.29) is 11.8 Å². The molecule has 1 heterocycles. The van der Waals surface area contributed by atoms with Crippen molar-refractivity contribution in [3.63, 3.8) is 0 Å². The Kier molecular flexibility index (Phi) is 3.39. The van der Waals surface area contributed by atoms with E-state index in [2.05, 4.69) is 22.6 Å². The van der Waals surface area contributed by atoms with Crippen molar-refractivity contribution in [2.24, 2.45) is 0 Å². The van der Waals surface area contributed by atoms with Crippen LogP contribution in [0.5, 0.6) is 0 Å². The van der Waals surface area contributed by atoms with Crippen molar-refractivity contribution in [2.75, 3.05) is 0 Å². The van der Waals surface area contributed by atoms with Crippen LogP contribution in [-0.2, 0) is 14.3 Å². The second-order valence-corrected chi connectivity index (χ2v) is 7.12. The summed E-state index contributed by atoms with van der Waals surface area (Å²) in [5.74, 6) is -1.10. The van der Waals surface area contributed by atoms with Crippen LogP contribution in [0.2, 0.25) is 0 Å². The fourth-order valence-electron chi connectivity index (χ4n) is 3.59. The molecule has 106 valence electrons. The van der Waals surface area contributed by atoms with E-state index in [1.54, 1.807) is 0 Å². The number of hydrogen-bond acceptors (Lipinski definition) is 3. The smallest absolute Gasteiger partial charge is 0.322 e. The van der Waals surface area contributed by atoms with Gasteiger partial charge < -0.3 is 4.74 Å². The minimum atomic E-state index is -0.816. The quantitative estimate of drug-likeness (QED) is 0.423. The second kappa shape index (κ2) is 4.83. The van der Waals surface area contributed by atoms with Crippen molar-refractivity contribution in [3.05, 3.63) is 32.4 Å². The van der Waals surface area contributed by atoms with E-state index in [4.69, 9.17) is 4.74 Å². The zero-order chi connectivity index (χ0) is 14.5. The molecule has 2 fully saturated rings. The first kappa shape index (κ1) is 14.0. The Bertz CT molecular complexity index is 577. The standard InChI is InChI=1S/C16H17IO3/c1-9-7-11(17)8-10(2)12(9)13-14(18)16(20-15(13)19)5-3-4-6-16/h7-8,13H,3-6H2,1-2H3. The van der Waals surface area contributed by atoms with E-state index in [1.807, 2.05) is 26.0 Å². The van der Waals surface area contributed by atoms with Gasteiger partial charge in [0.1, 0.15) is 5.92 Å². The molecular weight excluding hydrogens is 367 g/mol. The van der Waals surface area contributed by atoms with Gasteiger partial charge in [0, 0.05) is 3.57 Å². The van der Waals surface area contributed by atoms with Gasteiger partial charge in [-0.05, 0) is 90.9 Å². The summed E-state index contributed by atoms with van der Waals surface area (Å²) in [4.78, 5) is 25.1. The van der Waals surface area contributed by atoms with Gasteiger partial charge in [-0.15, -0.1) is 0 Å². The summed E-state index contributed by atoms with van der Waals surface area (Å²) in [5.41, 5.74) is 2.03. The molecule has 1 aliphatic carbocycles. The topological polar surface area (TPSA) is 43.4 Å². The molecule has 3 nitrogen and oxygen atoms in total. The number of Topliss-reactive ketones (excluding diaryl/α,β-unsaturated/α-hetero) is 1. The highest BCUT2D eigenvalue weighted by Gasteiger charge is 2.57. The van der Waals surface area contributed by atoms with Crippen molar-refractivity contribution in [1.82, 2.24) is 0 Å². The monoisotopic (exact) mass is 384 g/mol. The van der Waals surface area contributed by atoms with Gasteiger partial charge in [0.25, 0.3) is 0 Å². The molecule has 1 spiro atoms. The van der Waals surface area contributed by atoms with Crippen LogP contribution in [-0.4, -0.2) is 17.4 Å². The summed E-state index contributed by atoms with van der Waals surface area (Å²) in [6, 6.07) is 4.03. The molecule has 0 N–H and O–H groups in total. The summed E-state index contributed by atoms with van der Waals surface area (Å²) in [6.07, 6.45) is 3.32. The van der Waals surface area contributed by atoms with Gasteiger partial charge in [-0.2, -0.15) is 0 Å². The minimum Gasteiger partial charge on any atom is -0.450 e. The second-order valence-electron chi connectivity index (χ2n) is 5.87. The van der Waals surface area contributed by atoms with E-state index in [0.717, 1.165) is 33.1 Å². The molecule has 1 aromatic rings. The molecule has 4 heteroatoms. The Morgan fingerprint density at radius 2 is 1.70 bits per heavy atom. The first-order valence-corrected chi connectivity index (χ1v) is 8.06. The first-order valence-electron chi connectivity index (χ1n) is 6.98. The summed E-state index contributed by atoms with van der Waals surface area (Å²) >= 11 is 2.25. The number of ketones is 1. The van der Waals surface area contributed by atoms with Crippen molar-refractivity contribution in [2.45, 2.75) is 51.0 Å². The molecule has 20 heavy (non-hydrogen) atoms. The number of carbonyl (C=O) groups is 2. The van der Waals surface area contributed by atoms with E-state index in [9.17, 15) is 9.59 Å². The maximum Gasteiger partial charge on any atom is 0.322 e. The highest BCUT2D eigenvalue weighted by Crippen LogP contribution is 2.45. The lowest BCUT2D eigenvalue weighted by Gasteiger charge is -2.19. The lowest BCUT2D eigenvalue weighted by atomic mass is 9.83. The highest BCUT2D eigenvalue weighted by atomic mass is 127. The van der Waals surface area contributed by atoms with Gasteiger partial charge in [0.05, 0.1) is 0 Å². The van der Waals surface area contributed by atoms with Crippen molar-refractivity contribution >= 4 is 34.3 Å². The maximum atomic E-state index is 12.8. The third-order valence-corrected chi connectivity index (χ3v) is 5.12. The Morgan fingerprint density at radius 3 is 2.25 bits per heavy atom. The van der Waals surface area contributed by atoms with Crippen LogP contribution in [0.1, 0.15) is 48.3 Å². The number of rotatable bonds is 1. The molecule has 1 unspecified atom stereocenters. The minimum absolute atomic E-state index is 0.0209. The van der Waals surface area contributed by atoms with Crippen LogP contribution >= 0.6 is 22.6 Å². The normalized spacial score (nSPS) is 24.4. The van der Waals surface area contributed by atoms with Crippen LogP contribution in [0.3, 0.4) is 0 Å². The fourth-order valence-corrected chi connectivity index (χ4v) is 4.53. The van der Waals surface area contributed by atoms with E-state index >= 15 is 0 Å². The Balaban J connectivity index is 2.07. The first-order chi connectivity index (χ1) is 9.44. The molecule has 3 rings (SSSR count). The predicted octanol–water partition coefficient (Wildman–Crippen LogP) is 3.43. The van der Waals surface area contributed by atoms with Gasteiger partial charge in [-0.1, -0.05) is 0 Å². The number of halogens is 1. The van der Waals surface area contributed by atoms with Crippen LogP contribution < -0.4 is 0 Å². The lowest BCUT2D eigenvalue weighted by molar-refractivity contribution is -0.151. The SMILES string of the molecule is Cc1cc(I)cc(C)c1C1C(=O)OC2(CCCC2)C1=O. The molecule has 0 aromatic heterocycles. The number of aryl methyl sites for hydroxylation is 2. The number of esters is 1. The highest BCUT2D eigenvalue weighted by molar-refractivity contribution is 14.1. The van der Waals surface area contributed by atoms with Gasteiger partial charge in [0.15, 0.2) is 11.4 Å². The van der Waals surface area contributed by atoms with Gasteiger partial charge >= 0.3 is 5.97 Å².